The number of likely N-dealkylation sites (tertiary alicyclic amines) is 1. The summed E-state index contributed by atoms with van der Waals surface area (Å²) in [6, 6.07) is 9.78. The lowest BCUT2D eigenvalue weighted by Gasteiger charge is -2.42. The maximum Gasteiger partial charge on any atom is 0.253 e. The second-order valence-corrected chi connectivity index (χ2v) is 6.82. The van der Waals surface area contributed by atoms with Crippen LogP contribution < -0.4 is 11.3 Å². The fraction of sp³-hybridized carbons (Fsp3) is 0.444. The molecule has 1 aromatic heterocycles. The van der Waals surface area contributed by atoms with E-state index in [4.69, 9.17) is 5.73 Å². The number of benzene rings is 1. The number of fused-ring (bicyclic) bond motifs is 1. The van der Waals surface area contributed by atoms with E-state index in [0.717, 1.165) is 42.4 Å². The van der Waals surface area contributed by atoms with Crippen molar-refractivity contribution in [2.24, 2.45) is 11.7 Å². The Labute approximate surface area is 135 Å². The number of aromatic nitrogens is 1. The van der Waals surface area contributed by atoms with Gasteiger partial charge in [-0.05, 0) is 57.3 Å². The van der Waals surface area contributed by atoms with E-state index in [1.807, 2.05) is 30.3 Å². The fourth-order valence-corrected chi connectivity index (χ4v) is 3.50. The van der Waals surface area contributed by atoms with Gasteiger partial charge in [-0.25, -0.2) is 0 Å². The summed E-state index contributed by atoms with van der Waals surface area (Å²) in [5.74, 6) is -0.261. The van der Waals surface area contributed by atoms with E-state index < -0.39 is 0 Å². The number of H-pyrrole nitrogens is 1. The van der Waals surface area contributed by atoms with Crippen molar-refractivity contribution in [2.45, 2.75) is 32.2 Å². The molecule has 0 unspecified atom stereocenters. The maximum atomic E-state index is 12.5. The van der Waals surface area contributed by atoms with Crippen LogP contribution in [0.25, 0.3) is 10.9 Å². The minimum absolute atomic E-state index is 0.0445. The van der Waals surface area contributed by atoms with Crippen molar-refractivity contribution in [1.29, 1.82) is 0 Å². The van der Waals surface area contributed by atoms with Crippen molar-refractivity contribution < 1.29 is 4.79 Å². The molecule has 1 saturated heterocycles. The van der Waals surface area contributed by atoms with Crippen LogP contribution in [-0.2, 0) is 10.3 Å². The molecular weight excluding hydrogens is 290 g/mol. The average molecular weight is 313 g/mol. The normalized spacial score (nSPS) is 17.5. The van der Waals surface area contributed by atoms with Crippen LogP contribution in [0.3, 0.4) is 0 Å². The van der Waals surface area contributed by atoms with Gasteiger partial charge in [0.25, 0.3) is 5.56 Å². The van der Waals surface area contributed by atoms with Crippen LogP contribution in [0.5, 0.6) is 0 Å². The first-order valence-corrected chi connectivity index (χ1v) is 8.06. The van der Waals surface area contributed by atoms with Crippen molar-refractivity contribution in [3.05, 3.63) is 46.2 Å². The van der Waals surface area contributed by atoms with Crippen molar-refractivity contribution in [3.63, 3.8) is 0 Å². The van der Waals surface area contributed by atoms with Gasteiger partial charge in [0.05, 0.1) is 0 Å². The minimum atomic E-state index is -0.389. The highest BCUT2D eigenvalue weighted by Crippen LogP contribution is 2.31. The Morgan fingerprint density at radius 1 is 1.26 bits per heavy atom. The Bertz CT molecular complexity index is 786. The summed E-state index contributed by atoms with van der Waals surface area (Å²) >= 11 is 0. The van der Waals surface area contributed by atoms with Crippen LogP contribution in [-0.4, -0.2) is 28.9 Å². The molecule has 2 aromatic rings. The molecule has 1 amide bonds. The van der Waals surface area contributed by atoms with Crippen molar-refractivity contribution in [3.8, 4) is 0 Å². The summed E-state index contributed by atoms with van der Waals surface area (Å²) in [4.78, 5) is 29.1. The topological polar surface area (TPSA) is 79.2 Å². The highest BCUT2D eigenvalue weighted by molar-refractivity contribution is 5.79. The van der Waals surface area contributed by atoms with E-state index in [2.05, 4.69) is 23.7 Å². The van der Waals surface area contributed by atoms with E-state index in [1.54, 1.807) is 0 Å². The second-order valence-electron chi connectivity index (χ2n) is 6.82. The molecule has 1 aromatic carbocycles. The monoisotopic (exact) mass is 313 g/mol. The molecule has 0 atom stereocenters. The quantitative estimate of drug-likeness (QED) is 0.909. The lowest BCUT2D eigenvalue weighted by atomic mass is 9.87. The van der Waals surface area contributed by atoms with Crippen molar-refractivity contribution >= 4 is 16.8 Å². The summed E-state index contributed by atoms with van der Waals surface area (Å²) in [5.41, 5.74) is 6.58. The Balaban J connectivity index is 1.92. The number of hydrogen-bond acceptors (Lipinski definition) is 3. The number of para-hydroxylation sites is 1. The van der Waals surface area contributed by atoms with Crippen LogP contribution in [0.15, 0.2) is 35.1 Å². The molecule has 5 nitrogen and oxygen atoms in total. The van der Waals surface area contributed by atoms with E-state index >= 15 is 0 Å². The third kappa shape index (κ3) is 2.88. The lowest BCUT2D eigenvalue weighted by molar-refractivity contribution is -0.123. The summed E-state index contributed by atoms with van der Waals surface area (Å²) in [5, 5.41) is 1.03. The van der Waals surface area contributed by atoms with Crippen LogP contribution in [0.4, 0.5) is 0 Å². The van der Waals surface area contributed by atoms with Crippen molar-refractivity contribution in [1.82, 2.24) is 9.88 Å². The van der Waals surface area contributed by atoms with E-state index in [9.17, 15) is 9.59 Å². The molecule has 3 rings (SSSR count). The van der Waals surface area contributed by atoms with Gasteiger partial charge in [-0.3, -0.25) is 14.5 Å². The number of aromatic amines is 1. The molecule has 1 fully saturated rings. The number of carbonyl (C=O) groups is 1. The van der Waals surface area contributed by atoms with Gasteiger partial charge >= 0.3 is 0 Å². The van der Waals surface area contributed by atoms with Gasteiger partial charge < -0.3 is 10.7 Å². The van der Waals surface area contributed by atoms with Crippen LogP contribution in [0.2, 0.25) is 0 Å². The molecule has 0 bridgehead atoms. The Morgan fingerprint density at radius 2 is 1.91 bits per heavy atom. The smallest absolute Gasteiger partial charge is 0.253 e. The Kier molecular flexibility index (Phi) is 3.98. The number of nitrogens with zero attached hydrogens (tertiary/aromatic N) is 1. The van der Waals surface area contributed by atoms with Gasteiger partial charge in [-0.1, -0.05) is 18.2 Å². The number of hydrogen-bond donors (Lipinski definition) is 2. The number of amides is 1. The molecule has 1 aliphatic rings. The molecule has 0 spiro atoms. The molecule has 0 aliphatic carbocycles. The second kappa shape index (κ2) is 5.81. The molecule has 0 radical (unpaired) electrons. The third-order valence-electron chi connectivity index (χ3n) is 5.10. The maximum absolute atomic E-state index is 12.5. The first-order chi connectivity index (χ1) is 10.9. The summed E-state index contributed by atoms with van der Waals surface area (Å²) in [6.07, 6.45) is 1.51. The van der Waals surface area contributed by atoms with E-state index in [1.165, 1.54) is 0 Å². The molecule has 2 heterocycles. The van der Waals surface area contributed by atoms with Crippen molar-refractivity contribution in [2.75, 3.05) is 13.1 Å². The van der Waals surface area contributed by atoms with Gasteiger partial charge in [0.15, 0.2) is 0 Å². The number of nitrogens with one attached hydrogen (secondary N) is 1. The zero-order chi connectivity index (χ0) is 16.6. The van der Waals surface area contributed by atoms with E-state index in [-0.39, 0.29) is 22.9 Å². The van der Waals surface area contributed by atoms with Gasteiger partial charge in [0.1, 0.15) is 0 Å². The van der Waals surface area contributed by atoms with Gasteiger partial charge in [-0.15, -0.1) is 0 Å². The van der Waals surface area contributed by atoms with Gasteiger partial charge in [0.2, 0.25) is 5.91 Å². The van der Waals surface area contributed by atoms with Gasteiger partial charge in [0, 0.05) is 22.5 Å². The lowest BCUT2D eigenvalue weighted by Crippen LogP contribution is -2.49. The first-order valence-electron chi connectivity index (χ1n) is 8.06. The number of rotatable bonds is 3. The molecule has 5 heteroatoms. The number of primary amides is 1. The predicted molar refractivity (Wildman–Crippen MR) is 91.1 cm³/mol. The molecule has 23 heavy (non-hydrogen) atoms. The van der Waals surface area contributed by atoms with Crippen LogP contribution >= 0.6 is 0 Å². The molecule has 0 saturated carbocycles. The Hall–Kier alpha value is -2.14. The summed E-state index contributed by atoms with van der Waals surface area (Å²) in [6.45, 7) is 5.67. The molecular formula is C18H23N3O2. The predicted octanol–water partition coefficient (Wildman–Crippen LogP) is 1.96. The first kappa shape index (κ1) is 15.7. The minimum Gasteiger partial charge on any atom is -0.369 e. The molecule has 3 N–H and O–H groups in total. The zero-order valence-corrected chi connectivity index (χ0v) is 13.6. The Morgan fingerprint density at radius 3 is 2.57 bits per heavy atom. The zero-order valence-electron chi connectivity index (χ0n) is 13.6. The highest BCUT2D eigenvalue weighted by atomic mass is 16.1. The summed E-state index contributed by atoms with van der Waals surface area (Å²) < 4.78 is 0. The number of nitrogens with two attached hydrogens (primary N) is 1. The van der Waals surface area contributed by atoms with E-state index in [0.29, 0.717) is 0 Å². The van der Waals surface area contributed by atoms with Crippen LogP contribution in [0, 0.1) is 5.92 Å². The SMILES string of the molecule is CC(C)(c1cc2ccccc2[nH]c1=O)N1CCC(C(N)=O)CC1. The third-order valence-corrected chi connectivity index (χ3v) is 5.10. The molecule has 122 valence electrons. The molecule has 1 aliphatic heterocycles. The standard InChI is InChI=1S/C18H23N3O2/c1-18(2,21-9-7-12(8-10-21)16(19)22)14-11-13-5-3-4-6-15(13)20-17(14)23/h3-6,11-12H,7-10H2,1-2H3,(H2,19,22)(H,20,23). The fourth-order valence-electron chi connectivity index (χ4n) is 3.50. The highest BCUT2D eigenvalue weighted by Gasteiger charge is 2.35. The van der Waals surface area contributed by atoms with Gasteiger partial charge in [-0.2, -0.15) is 0 Å². The number of piperidine rings is 1. The number of pyridine rings is 1. The number of carbonyl (C=O) groups excluding carboxylic acids is 1. The largest absolute Gasteiger partial charge is 0.369 e. The average Bonchev–Trinajstić information content (AvgIpc) is 2.54. The van der Waals surface area contributed by atoms with Crippen LogP contribution in [0.1, 0.15) is 32.3 Å². The summed E-state index contributed by atoms with van der Waals surface area (Å²) in [7, 11) is 0.